The molecule has 0 atom stereocenters. The van der Waals surface area contributed by atoms with Gasteiger partial charge in [-0.25, -0.2) is 8.42 Å². The van der Waals surface area contributed by atoms with Crippen LogP contribution in [0.15, 0.2) is 5.11 Å². The first-order valence-electron chi connectivity index (χ1n) is 1.66. The fourth-order valence-corrected chi connectivity index (χ4v) is 0.0211. The number of nitrogens with zero attached hydrogens (tertiary/aromatic N) is 3. The van der Waals surface area contributed by atoms with Crippen molar-refractivity contribution in [2.24, 2.45) is 5.11 Å². The van der Waals surface area contributed by atoms with Gasteiger partial charge in [-0.05, 0) is 10.6 Å². The number of hydrogen-bond acceptors (Lipinski definition) is 4. The first-order valence-corrected chi connectivity index (χ1v) is 3.75. The molecule has 0 heterocycles. The second kappa shape index (κ2) is 23.1. The highest BCUT2D eigenvalue weighted by molar-refractivity contribution is 7.98. The molecule has 0 aromatic rings. The lowest BCUT2D eigenvalue weighted by Crippen LogP contribution is -1.44. The van der Waals surface area contributed by atoms with Crippen LogP contribution < -0.4 is 0 Å². The molecule has 7 nitrogen and oxygen atoms in total. The summed E-state index contributed by atoms with van der Waals surface area (Å²) in [5.74, 6) is 0. The van der Waals surface area contributed by atoms with Crippen LogP contribution >= 0.6 is 10.7 Å². The van der Waals surface area contributed by atoms with Gasteiger partial charge in [0.25, 0.3) is 0 Å². The molecule has 0 fully saturated rings. The molecule has 0 saturated heterocycles. The van der Waals surface area contributed by atoms with E-state index in [1.165, 1.54) is 0 Å². The number of azide groups is 1. The lowest BCUT2D eigenvalue weighted by atomic mass is 11.5. The molecule has 0 aromatic heterocycles. The van der Waals surface area contributed by atoms with E-state index in [2.05, 4.69) is 27.5 Å². The Morgan fingerprint density at radius 3 is 1.82 bits per heavy atom. The molecule has 0 aliphatic heterocycles. The third-order valence-corrected chi connectivity index (χ3v) is 0.0988. The first kappa shape index (κ1) is 16.5. The van der Waals surface area contributed by atoms with E-state index in [1.54, 1.807) is 0 Å². The van der Waals surface area contributed by atoms with E-state index in [0.717, 1.165) is 0 Å². The first-order chi connectivity index (χ1) is 5.15. The smallest absolute Gasteiger partial charge is 0.222 e. The minimum atomic E-state index is -2.65. The van der Waals surface area contributed by atoms with Crippen molar-refractivity contribution in [1.82, 2.24) is 0 Å². The monoisotopic (exact) mass is 200 g/mol. The predicted molar refractivity (Wildman–Crippen MR) is 38.1 cm³/mol. The summed E-state index contributed by atoms with van der Waals surface area (Å²) in [6.07, 6.45) is 0.139. The number of rotatable bonds is 1. The van der Waals surface area contributed by atoms with Crippen LogP contribution in [0.1, 0.15) is 0 Å². The average molecular weight is 201 g/mol. The molecule has 0 aromatic carbocycles. The standard InChI is InChI=1S/CHN3O.CHO.ClHO2S/c2-4-3-1-5;1-2;1-4(2)3/h1H;1H;4H. The number of halogens is 1. The van der Waals surface area contributed by atoms with Crippen molar-refractivity contribution >= 4 is 33.8 Å². The lowest BCUT2D eigenvalue weighted by molar-refractivity contribution is -0.106. The van der Waals surface area contributed by atoms with E-state index in [4.69, 9.17) is 23.5 Å². The zero-order valence-corrected chi connectivity index (χ0v) is 6.60. The van der Waals surface area contributed by atoms with Gasteiger partial charge < -0.3 is 0 Å². The molecule has 0 unspecified atom stereocenters. The quantitative estimate of drug-likeness (QED) is 0.159. The van der Waals surface area contributed by atoms with Gasteiger partial charge in [0, 0.05) is 15.6 Å². The van der Waals surface area contributed by atoms with E-state index in [-0.39, 0.29) is 6.41 Å². The molecule has 0 N–H and O–H groups in total. The highest BCUT2D eigenvalue weighted by Gasteiger charge is 1.49. The van der Waals surface area contributed by atoms with Gasteiger partial charge in [0.2, 0.25) is 16.3 Å². The Labute approximate surface area is 68.0 Å². The summed E-state index contributed by atoms with van der Waals surface area (Å²) in [6.45, 7) is 3.25. The summed E-state index contributed by atoms with van der Waals surface area (Å²) in [5, 5.41) is 2.47. The summed E-state index contributed by atoms with van der Waals surface area (Å²) < 4.78 is 17.6. The van der Waals surface area contributed by atoms with Crippen molar-refractivity contribution in [3.63, 3.8) is 0 Å². The van der Waals surface area contributed by atoms with Crippen LogP contribution in [0.3, 0.4) is 0 Å². The summed E-state index contributed by atoms with van der Waals surface area (Å²) >= 11 is 0. The molecule has 1 radical (unpaired) electrons. The molecular weight excluding hydrogens is 198 g/mol. The van der Waals surface area contributed by atoms with Gasteiger partial charge >= 0.3 is 0 Å². The lowest BCUT2D eigenvalue weighted by Gasteiger charge is -1.39. The Kier molecular flexibility index (Phi) is 34.6. The highest BCUT2D eigenvalue weighted by Crippen LogP contribution is 1.61. The Bertz CT molecular complexity index is 190. The van der Waals surface area contributed by atoms with Crippen LogP contribution in [0, 0.1) is 0 Å². The molecule has 1 amide bonds. The highest BCUT2D eigenvalue weighted by atomic mass is 35.7. The minimum absolute atomic E-state index is 0.139. The largest absolute Gasteiger partial charge is 0.296 e. The van der Waals surface area contributed by atoms with Crippen molar-refractivity contribution in [3.05, 3.63) is 10.4 Å². The number of amides is 1. The molecular formula is C2H3ClN3O4S. The third kappa shape index (κ3) is 533. The third-order valence-electron chi connectivity index (χ3n) is 0.0988. The summed E-state index contributed by atoms with van der Waals surface area (Å²) in [6, 6.07) is 0. The Hall–Kier alpha value is -1.11. The molecule has 0 aliphatic rings. The van der Waals surface area contributed by atoms with Crippen LogP contribution in [-0.2, 0) is 19.5 Å². The molecule has 0 aliphatic carbocycles. The number of carbonyl (C=O) groups excluding carboxylic acids is 2. The number of hydrogen-bond donors (Lipinski definition) is 1. The number of thiol groups is 1. The second-order valence-corrected chi connectivity index (χ2v) is 1.78. The van der Waals surface area contributed by atoms with Crippen molar-refractivity contribution < 1.29 is 18.0 Å². The normalized spacial score (nSPS) is 5.64. The summed E-state index contributed by atoms with van der Waals surface area (Å²) in [5.41, 5.74) is 7.29. The topological polar surface area (TPSA) is 117 Å². The van der Waals surface area contributed by atoms with Gasteiger partial charge in [0.15, 0.2) is 6.79 Å². The van der Waals surface area contributed by atoms with E-state index < -0.39 is 9.92 Å². The van der Waals surface area contributed by atoms with Crippen LogP contribution in [0.25, 0.3) is 10.4 Å². The van der Waals surface area contributed by atoms with Gasteiger partial charge in [0.1, 0.15) is 0 Å². The van der Waals surface area contributed by atoms with E-state index in [0.29, 0.717) is 0 Å². The summed E-state index contributed by atoms with van der Waals surface area (Å²) in [4.78, 5) is 18.8. The molecule has 0 saturated carbocycles. The zero-order chi connectivity index (χ0) is 9.70. The zero-order valence-electron chi connectivity index (χ0n) is 4.95. The Morgan fingerprint density at radius 2 is 1.82 bits per heavy atom. The molecule has 9 heteroatoms. The second-order valence-electron chi connectivity index (χ2n) is 0.523. The molecule has 11 heavy (non-hydrogen) atoms. The van der Waals surface area contributed by atoms with E-state index >= 15 is 0 Å². The minimum Gasteiger partial charge on any atom is -0.296 e. The molecule has 0 spiro atoms. The van der Waals surface area contributed by atoms with Crippen molar-refractivity contribution in [2.45, 2.75) is 0 Å². The fourth-order valence-electron chi connectivity index (χ4n) is 0.0211. The van der Waals surface area contributed by atoms with E-state index in [9.17, 15) is 0 Å². The SMILES string of the molecule is O=[SH](=O)Cl.[CH]=O.[N-]=[N+]=NC=O. The van der Waals surface area contributed by atoms with Gasteiger partial charge in [-0.3, -0.25) is 9.59 Å². The predicted octanol–water partition coefficient (Wildman–Crippen LogP) is -0.0694. The average Bonchev–Trinajstić information content (AvgIpc) is 1.93. The van der Waals surface area contributed by atoms with Crippen molar-refractivity contribution in [2.75, 3.05) is 0 Å². The summed E-state index contributed by atoms with van der Waals surface area (Å²) in [7, 11) is 1.58. The van der Waals surface area contributed by atoms with Crippen LogP contribution in [0.2, 0.25) is 0 Å². The van der Waals surface area contributed by atoms with Crippen molar-refractivity contribution in [1.29, 1.82) is 0 Å². The maximum atomic E-state index is 8.98. The molecule has 0 rings (SSSR count). The van der Waals surface area contributed by atoms with Crippen LogP contribution in [0.5, 0.6) is 0 Å². The van der Waals surface area contributed by atoms with Gasteiger partial charge in [-0.1, -0.05) is 0 Å². The maximum absolute atomic E-state index is 8.98. The maximum Gasteiger partial charge on any atom is 0.222 e. The molecule has 63 valence electrons. The van der Waals surface area contributed by atoms with Crippen LogP contribution in [-0.4, -0.2) is 21.6 Å². The van der Waals surface area contributed by atoms with Crippen LogP contribution in [0.4, 0.5) is 0 Å². The van der Waals surface area contributed by atoms with Crippen molar-refractivity contribution in [3.8, 4) is 0 Å². The Morgan fingerprint density at radius 1 is 1.55 bits per heavy atom. The number of carbonyl (C=O) groups is 1. The Balaban J connectivity index is -0.0000000965. The van der Waals surface area contributed by atoms with Gasteiger partial charge in [-0.15, -0.1) is 0 Å². The fraction of sp³-hybridized carbons (Fsp3) is 0. The van der Waals surface area contributed by atoms with Gasteiger partial charge in [-0.2, -0.15) is 0 Å². The van der Waals surface area contributed by atoms with Gasteiger partial charge in [0.05, 0.1) is 0 Å². The molecule has 0 bridgehead atoms. The van der Waals surface area contributed by atoms with E-state index in [1.807, 2.05) is 0 Å².